The fourth-order valence-corrected chi connectivity index (χ4v) is 4.63. The monoisotopic (exact) mass is 511 g/mol. The highest BCUT2D eigenvalue weighted by Crippen LogP contribution is 2.33. The first-order chi connectivity index (χ1) is 16.5. The number of carbonyl (C=O) groups excluding carboxylic acids is 2. The van der Waals surface area contributed by atoms with Crippen LogP contribution in [0.15, 0.2) is 47.4 Å². The van der Waals surface area contributed by atoms with Crippen LogP contribution in [0.5, 0.6) is 0 Å². The van der Waals surface area contributed by atoms with Gasteiger partial charge in [0.05, 0.1) is 27.7 Å². The number of ether oxygens (including phenoxy) is 1. The van der Waals surface area contributed by atoms with Crippen molar-refractivity contribution in [1.29, 1.82) is 0 Å². The van der Waals surface area contributed by atoms with Gasteiger partial charge in [-0.25, -0.2) is 0 Å². The Morgan fingerprint density at radius 2 is 1.94 bits per heavy atom. The van der Waals surface area contributed by atoms with E-state index in [1.54, 1.807) is 24.8 Å². The molecular weight excluding hydrogens is 487 g/mol. The van der Waals surface area contributed by atoms with E-state index in [4.69, 9.17) is 4.74 Å². The number of rotatable bonds is 7. The Balaban J connectivity index is 1.72. The Kier molecular flexibility index (Phi) is 8.26. The van der Waals surface area contributed by atoms with Crippen molar-refractivity contribution < 1.29 is 32.4 Å². The Labute approximate surface area is 204 Å². The molecule has 0 radical (unpaired) electrons. The van der Waals surface area contributed by atoms with Crippen molar-refractivity contribution in [1.82, 2.24) is 4.90 Å². The molecule has 0 aliphatic carbocycles. The van der Waals surface area contributed by atoms with Crippen LogP contribution in [0.3, 0.4) is 0 Å². The molecular formula is C23H24F3N3O5S. The summed E-state index contributed by atoms with van der Waals surface area (Å²) in [5, 5.41) is 11.6. The van der Waals surface area contributed by atoms with Gasteiger partial charge in [-0.15, -0.1) is 11.8 Å². The van der Waals surface area contributed by atoms with E-state index in [1.807, 2.05) is 0 Å². The van der Waals surface area contributed by atoms with Crippen molar-refractivity contribution in [2.75, 3.05) is 36.9 Å². The Morgan fingerprint density at radius 1 is 1.20 bits per heavy atom. The highest BCUT2D eigenvalue weighted by Gasteiger charge is 2.33. The number of carbonyl (C=O) groups is 2. The predicted octanol–water partition coefficient (Wildman–Crippen LogP) is 4.62. The Hall–Kier alpha value is -3.28. The lowest BCUT2D eigenvalue weighted by atomic mass is 10.1. The molecule has 35 heavy (non-hydrogen) atoms. The minimum Gasteiger partial charge on any atom is -0.465 e. The molecule has 3 rings (SSSR count). The standard InChI is InChI=1S/C23H24F3N3O5S/c1-3-34-21(30)14-35-20-8-7-16(11-19(20)29(32)33)22(31)27-9-10-28(15(2)13-27)18-6-4-5-17(12-18)23(24,25)26/h4-8,11-12,15H,3,9-10,13-14H2,1-2H3. The number of alkyl halides is 3. The molecule has 0 saturated carbocycles. The second-order valence-electron chi connectivity index (χ2n) is 7.87. The van der Waals surface area contributed by atoms with Gasteiger partial charge in [0, 0.05) is 43.0 Å². The molecule has 1 saturated heterocycles. The first kappa shape index (κ1) is 26.3. The third-order valence-corrected chi connectivity index (χ3v) is 6.51. The molecule has 1 aliphatic heterocycles. The quantitative estimate of drug-likeness (QED) is 0.232. The maximum atomic E-state index is 13.1. The number of esters is 1. The van der Waals surface area contributed by atoms with E-state index >= 15 is 0 Å². The van der Waals surface area contributed by atoms with E-state index in [9.17, 15) is 32.9 Å². The van der Waals surface area contributed by atoms with E-state index in [1.165, 1.54) is 29.2 Å². The first-order valence-electron chi connectivity index (χ1n) is 10.8. The Bertz CT molecular complexity index is 1110. The number of nitrogens with zero attached hydrogens (tertiary/aromatic N) is 3. The van der Waals surface area contributed by atoms with Crippen molar-refractivity contribution >= 4 is 35.0 Å². The van der Waals surface area contributed by atoms with Crippen LogP contribution in [0.1, 0.15) is 29.8 Å². The van der Waals surface area contributed by atoms with Crippen molar-refractivity contribution in [3.05, 3.63) is 63.7 Å². The van der Waals surface area contributed by atoms with Crippen molar-refractivity contribution in [3.8, 4) is 0 Å². The van der Waals surface area contributed by atoms with Gasteiger partial charge >= 0.3 is 12.1 Å². The highest BCUT2D eigenvalue weighted by molar-refractivity contribution is 8.00. The molecule has 2 aromatic rings. The van der Waals surface area contributed by atoms with E-state index in [0.717, 1.165) is 23.9 Å². The summed E-state index contributed by atoms with van der Waals surface area (Å²) in [4.78, 5) is 39.2. The lowest BCUT2D eigenvalue weighted by Gasteiger charge is -2.41. The lowest BCUT2D eigenvalue weighted by molar-refractivity contribution is -0.387. The van der Waals surface area contributed by atoms with Crippen molar-refractivity contribution in [3.63, 3.8) is 0 Å². The van der Waals surface area contributed by atoms with Gasteiger partial charge in [0.2, 0.25) is 0 Å². The summed E-state index contributed by atoms with van der Waals surface area (Å²) >= 11 is 0.953. The fraction of sp³-hybridized carbons (Fsp3) is 0.391. The van der Waals surface area contributed by atoms with E-state index in [2.05, 4.69) is 0 Å². The van der Waals surface area contributed by atoms with Gasteiger partial charge in [-0.05, 0) is 44.2 Å². The molecule has 1 atom stereocenters. The summed E-state index contributed by atoms with van der Waals surface area (Å²) in [5.41, 5.74) is -0.496. The molecule has 0 aromatic heterocycles. The molecule has 12 heteroatoms. The molecule has 0 spiro atoms. The number of halogens is 3. The first-order valence-corrected chi connectivity index (χ1v) is 11.8. The average Bonchev–Trinajstić information content (AvgIpc) is 2.81. The fourth-order valence-electron chi connectivity index (χ4n) is 3.82. The number of anilines is 1. The third kappa shape index (κ3) is 6.44. The van der Waals surface area contributed by atoms with Gasteiger partial charge < -0.3 is 14.5 Å². The summed E-state index contributed by atoms with van der Waals surface area (Å²) in [6.07, 6.45) is -4.45. The number of nitro groups is 1. The number of benzene rings is 2. The molecule has 1 aliphatic rings. The van der Waals surface area contributed by atoms with Crippen LogP contribution < -0.4 is 4.90 Å². The van der Waals surface area contributed by atoms with Crippen LogP contribution in [0.25, 0.3) is 0 Å². The highest BCUT2D eigenvalue weighted by atomic mass is 32.2. The summed E-state index contributed by atoms with van der Waals surface area (Å²) in [6.45, 7) is 4.45. The average molecular weight is 512 g/mol. The number of amides is 1. The lowest BCUT2D eigenvalue weighted by Crippen LogP contribution is -2.53. The summed E-state index contributed by atoms with van der Waals surface area (Å²) in [6, 6.07) is 8.84. The maximum absolute atomic E-state index is 13.1. The number of nitro benzene ring substituents is 1. The van der Waals surface area contributed by atoms with Gasteiger partial charge in [0.15, 0.2) is 0 Å². The molecule has 1 fully saturated rings. The second kappa shape index (κ2) is 11.0. The zero-order valence-corrected chi connectivity index (χ0v) is 19.9. The van der Waals surface area contributed by atoms with Crippen LogP contribution in [-0.2, 0) is 15.7 Å². The van der Waals surface area contributed by atoms with Gasteiger partial charge in [0.1, 0.15) is 0 Å². The van der Waals surface area contributed by atoms with Gasteiger partial charge in [-0.2, -0.15) is 13.2 Å². The second-order valence-corrected chi connectivity index (χ2v) is 8.89. The van der Waals surface area contributed by atoms with Gasteiger partial charge in [-0.3, -0.25) is 19.7 Å². The number of hydrogen-bond donors (Lipinski definition) is 0. The topological polar surface area (TPSA) is 93.0 Å². The van der Waals surface area contributed by atoms with Gasteiger partial charge in [-0.1, -0.05) is 6.07 Å². The zero-order valence-electron chi connectivity index (χ0n) is 19.1. The summed E-state index contributed by atoms with van der Waals surface area (Å²) < 4.78 is 44.1. The molecule has 188 valence electrons. The largest absolute Gasteiger partial charge is 0.465 e. The smallest absolute Gasteiger partial charge is 0.416 e. The molecule has 1 unspecified atom stereocenters. The van der Waals surface area contributed by atoms with Crippen LogP contribution in [0.2, 0.25) is 0 Å². The molecule has 0 bridgehead atoms. The van der Waals surface area contributed by atoms with E-state index in [-0.39, 0.29) is 47.6 Å². The number of thioether (sulfide) groups is 1. The zero-order chi connectivity index (χ0) is 25.8. The minimum absolute atomic E-state index is 0.100. The minimum atomic E-state index is -4.45. The molecule has 1 heterocycles. The van der Waals surface area contributed by atoms with Crippen LogP contribution in [-0.4, -0.2) is 59.7 Å². The normalized spacial score (nSPS) is 16.2. The van der Waals surface area contributed by atoms with Gasteiger partial charge in [0.25, 0.3) is 11.6 Å². The summed E-state index contributed by atoms with van der Waals surface area (Å²) in [7, 11) is 0. The Morgan fingerprint density at radius 3 is 2.57 bits per heavy atom. The van der Waals surface area contributed by atoms with E-state index in [0.29, 0.717) is 12.2 Å². The molecule has 1 amide bonds. The third-order valence-electron chi connectivity index (χ3n) is 5.47. The molecule has 2 aromatic carbocycles. The maximum Gasteiger partial charge on any atom is 0.416 e. The number of piperazine rings is 1. The van der Waals surface area contributed by atoms with Crippen LogP contribution in [0.4, 0.5) is 24.5 Å². The van der Waals surface area contributed by atoms with Crippen molar-refractivity contribution in [2.24, 2.45) is 0 Å². The van der Waals surface area contributed by atoms with Crippen molar-refractivity contribution in [2.45, 2.75) is 31.0 Å². The van der Waals surface area contributed by atoms with Crippen LogP contribution in [0, 0.1) is 10.1 Å². The molecule has 0 N–H and O–H groups in total. The SMILES string of the molecule is CCOC(=O)CSc1ccc(C(=O)N2CCN(c3cccc(C(F)(F)F)c3)C(C)C2)cc1[N+](=O)[O-]. The predicted molar refractivity (Wildman–Crippen MR) is 125 cm³/mol. The van der Waals surface area contributed by atoms with Crippen LogP contribution >= 0.6 is 11.8 Å². The molecule has 8 nitrogen and oxygen atoms in total. The number of hydrogen-bond acceptors (Lipinski definition) is 7. The van der Waals surface area contributed by atoms with E-state index < -0.39 is 28.5 Å². The summed E-state index contributed by atoms with van der Waals surface area (Å²) in [5.74, 6) is -1.01.